The molecule has 2 atom stereocenters. The van der Waals surface area contributed by atoms with Crippen LogP contribution in [0.15, 0.2) is 0 Å². The number of Topliss-reactive ketones (excluding diaryl/α,β-unsaturated/α-hetero) is 1. The number of nitrogens with two attached hydrogens (primary N) is 1. The molecular weight excluding hydrogens is 138 g/mol. The lowest BCUT2D eigenvalue weighted by molar-refractivity contribution is -0.122. The maximum absolute atomic E-state index is 11.3. The highest BCUT2D eigenvalue weighted by molar-refractivity contribution is 5.81. The Morgan fingerprint density at radius 3 is 2.73 bits per heavy atom. The summed E-state index contributed by atoms with van der Waals surface area (Å²) in [5.74, 6) is 0.727. The summed E-state index contributed by atoms with van der Waals surface area (Å²) >= 11 is 0. The van der Waals surface area contributed by atoms with Crippen LogP contribution in [0.4, 0.5) is 0 Å². The van der Waals surface area contributed by atoms with Gasteiger partial charge in [0, 0.05) is 18.4 Å². The van der Waals surface area contributed by atoms with Crippen LogP contribution < -0.4 is 5.73 Å². The average Bonchev–Trinajstić information content (AvgIpc) is 2.36. The summed E-state index contributed by atoms with van der Waals surface area (Å²) in [5.41, 5.74) is 5.71. The van der Waals surface area contributed by atoms with Crippen molar-refractivity contribution in [1.29, 1.82) is 0 Å². The molecule has 11 heavy (non-hydrogen) atoms. The van der Waals surface area contributed by atoms with Crippen molar-refractivity contribution in [2.75, 3.05) is 0 Å². The highest BCUT2D eigenvalue weighted by atomic mass is 16.1. The topological polar surface area (TPSA) is 43.1 Å². The first kappa shape index (κ1) is 8.72. The van der Waals surface area contributed by atoms with Gasteiger partial charge in [0.1, 0.15) is 5.78 Å². The average molecular weight is 155 g/mol. The van der Waals surface area contributed by atoms with Gasteiger partial charge in [0.2, 0.25) is 0 Å². The minimum Gasteiger partial charge on any atom is -0.328 e. The standard InChI is InChI=1S/C9H17NO/c1-2-3-9(11)7-4-5-8(10)6-7/h7-8H,2-6,10H2,1H3/t7-,8+/m0/s1. The van der Waals surface area contributed by atoms with Crippen molar-refractivity contribution in [3.8, 4) is 0 Å². The van der Waals surface area contributed by atoms with Gasteiger partial charge in [-0.25, -0.2) is 0 Å². The van der Waals surface area contributed by atoms with Crippen molar-refractivity contribution in [3.05, 3.63) is 0 Å². The van der Waals surface area contributed by atoms with E-state index in [4.69, 9.17) is 5.73 Å². The van der Waals surface area contributed by atoms with Crippen molar-refractivity contribution in [2.45, 2.75) is 45.1 Å². The van der Waals surface area contributed by atoms with E-state index in [1.807, 2.05) is 6.92 Å². The molecule has 0 aromatic rings. The third-order valence-electron chi connectivity index (χ3n) is 2.42. The first-order valence-electron chi connectivity index (χ1n) is 4.52. The minimum absolute atomic E-state index is 0.292. The number of carbonyl (C=O) groups excluding carboxylic acids is 1. The monoisotopic (exact) mass is 155 g/mol. The van der Waals surface area contributed by atoms with Gasteiger partial charge < -0.3 is 5.73 Å². The number of carbonyl (C=O) groups is 1. The van der Waals surface area contributed by atoms with E-state index in [0.717, 1.165) is 32.1 Å². The van der Waals surface area contributed by atoms with Crippen LogP contribution in [0, 0.1) is 5.92 Å². The minimum atomic E-state index is 0.292. The van der Waals surface area contributed by atoms with E-state index >= 15 is 0 Å². The molecule has 0 aromatic heterocycles. The van der Waals surface area contributed by atoms with Crippen LogP contribution in [-0.2, 0) is 4.79 Å². The largest absolute Gasteiger partial charge is 0.328 e. The van der Waals surface area contributed by atoms with Crippen LogP contribution in [0.2, 0.25) is 0 Å². The van der Waals surface area contributed by atoms with E-state index in [1.54, 1.807) is 0 Å². The van der Waals surface area contributed by atoms with Crippen LogP contribution in [0.25, 0.3) is 0 Å². The molecule has 1 fully saturated rings. The molecule has 0 aliphatic heterocycles. The van der Waals surface area contributed by atoms with Crippen LogP contribution in [-0.4, -0.2) is 11.8 Å². The third-order valence-corrected chi connectivity index (χ3v) is 2.42. The molecule has 0 heterocycles. The van der Waals surface area contributed by atoms with Crippen LogP contribution in [0.3, 0.4) is 0 Å². The molecule has 2 N–H and O–H groups in total. The summed E-state index contributed by atoms with van der Waals surface area (Å²) < 4.78 is 0. The molecule has 0 amide bonds. The number of hydrogen-bond acceptors (Lipinski definition) is 2. The van der Waals surface area contributed by atoms with E-state index in [1.165, 1.54) is 0 Å². The quantitative estimate of drug-likeness (QED) is 0.671. The van der Waals surface area contributed by atoms with E-state index in [9.17, 15) is 4.79 Å². The fourth-order valence-electron chi connectivity index (χ4n) is 1.76. The highest BCUT2D eigenvalue weighted by Crippen LogP contribution is 2.25. The Morgan fingerprint density at radius 1 is 1.55 bits per heavy atom. The normalized spacial score (nSPS) is 30.7. The Bertz CT molecular complexity index is 144. The van der Waals surface area contributed by atoms with Crippen molar-refractivity contribution >= 4 is 5.78 Å². The SMILES string of the molecule is CCCC(=O)[C@H]1CC[C@@H](N)C1. The van der Waals surface area contributed by atoms with Crippen molar-refractivity contribution < 1.29 is 4.79 Å². The molecule has 1 aliphatic carbocycles. The molecule has 1 saturated carbocycles. The van der Waals surface area contributed by atoms with Gasteiger partial charge in [0.05, 0.1) is 0 Å². The summed E-state index contributed by atoms with van der Waals surface area (Å²) in [5, 5.41) is 0. The van der Waals surface area contributed by atoms with E-state index in [0.29, 0.717) is 17.7 Å². The molecule has 1 aliphatic rings. The molecule has 0 radical (unpaired) electrons. The van der Waals surface area contributed by atoms with Gasteiger partial charge in [0.15, 0.2) is 0 Å². The number of hydrogen-bond donors (Lipinski definition) is 1. The second-order valence-corrected chi connectivity index (χ2v) is 3.49. The Morgan fingerprint density at radius 2 is 2.27 bits per heavy atom. The van der Waals surface area contributed by atoms with Gasteiger partial charge in [-0.2, -0.15) is 0 Å². The van der Waals surface area contributed by atoms with Gasteiger partial charge in [-0.15, -0.1) is 0 Å². The Balaban J connectivity index is 2.31. The molecule has 1 rings (SSSR count). The molecule has 2 nitrogen and oxygen atoms in total. The molecular formula is C9H17NO. The Labute approximate surface area is 68.2 Å². The smallest absolute Gasteiger partial charge is 0.136 e. The number of ketones is 1. The van der Waals surface area contributed by atoms with E-state index < -0.39 is 0 Å². The van der Waals surface area contributed by atoms with Gasteiger partial charge >= 0.3 is 0 Å². The summed E-state index contributed by atoms with van der Waals surface area (Å²) in [6.07, 6.45) is 4.72. The maximum Gasteiger partial charge on any atom is 0.136 e. The highest BCUT2D eigenvalue weighted by Gasteiger charge is 2.26. The molecule has 2 heteroatoms. The summed E-state index contributed by atoms with van der Waals surface area (Å²) in [6.45, 7) is 2.05. The van der Waals surface area contributed by atoms with E-state index in [2.05, 4.69) is 0 Å². The zero-order valence-electron chi connectivity index (χ0n) is 7.18. The van der Waals surface area contributed by atoms with Crippen LogP contribution in [0.1, 0.15) is 39.0 Å². The fraction of sp³-hybridized carbons (Fsp3) is 0.889. The summed E-state index contributed by atoms with van der Waals surface area (Å²) in [7, 11) is 0. The summed E-state index contributed by atoms with van der Waals surface area (Å²) in [4.78, 5) is 11.3. The van der Waals surface area contributed by atoms with E-state index in [-0.39, 0.29) is 0 Å². The first-order valence-corrected chi connectivity index (χ1v) is 4.52. The van der Waals surface area contributed by atoms with Crippen molar-refractivity contribution in [2.24, 2.45) is 11.7 Å². The van der Waals surface area contributed by atoms with Gasteiger partial charge in [-0.3, -0.25) is 4.79 Å². The molecule has 0 saturated heterocycles. The second-order valence-electron chi connectivity index (χ2n) is 3.49. The van der Waals surface area contributed by atoms with Crippen molar-refractivity contribution in [1.82, 2.24) is 0 Å². The number of rotatable bonds is 3. The third kappa shape index (κ3) is 2.29. The first-order chi connectivity index (χ1) is 5.24. The molecule has 0 bridgehead atoms. The molecule has 0 aromatic carbocycles. The van der Waals surface area contributed by atoms with Crippen molar-refractivity contribution in [3.63, 3.8) is 0 Å². The predicted molar refractivity (Wildman–Crippen MR) is 45.2 cm³/mol. The van der Waals surface area contributed by atoms with Gasteiger partial charge in [0.25, 0.3) is 0 Å². The van der Waals surface area contributed by atoms with Crippen LogP contribution >= 0.6 is 0 Å². The second kappa shape index (κ2) is 3.86. The molecule has 0 unspecified atom stereocenters. The Hall–Kier alpha value is -0.370. The zero-order valence-corrected chi connectivity index (χ0v) is 7.18. The van der Waals surface area contributed by atoms with Crippen LogP contribution in [0.5, 0.6) is 0 Å². The zero-order chi connectivity index (χ0) is 8.27. The molecule has 0 spiro atoms. The predicted octanol–water partition coefficient (Wildman–Crippen LogP) is 1.48. The van der Waals surface area contributed by atoms with Gasteiger partial charge in [-0.1, -0.05) is 6.92 Å². The van der Waals surface area contributed by atoms with Gasteiger partial charge in [-0.05, 0) is 25.7 Å². The Kier molecular flexibility index (Phi) is 3.06. The lowest BCUT2D eigenvalue weighted by Gasteiger charge is -2.05. The lowest BCUT2D eigenvalue weighted by atomic mass is 9.99. The lowest BCUT2D eigenvalue weighted by Crippen LogP contribution is -2.17. The summed E-state index contributed by atoms with van der Waals surface area (Å²) in [6, 6.07) is 0.292. The fourth-order valence-corrected chi connectivity index (χ4v) is 1.76. The molecule has 64 valence electrons. The maximum atomic E-state index is 11.3.